The molecule has 6 heteroatoms. The molecule has 1 aliphatic carbocycles. The van der Waals surface area contributed by atoms with Crippen molar-refractivity contribution in [3.8, 4) is 11.5 Å². The molecule has 1 aliphatic heterocycles. The molecule has 1 atom stereocenters. The van der Waals surface area contributed by atoms with Gasteiger partial charge in [0.1, 0.15) is 6.61 Å². The number of dihydropyridines is 1. The summed E-state index contributed by atoms with van der Waals surface area (Å²) in [5.74, 6) is 0.257. The van der Waals surface area contributed by atoms with Gasteiger partial charge in [-0.05, 0) is 48.4 Å². The molecule has 4 rings (SSSR count). The van der Waals surface area contributed by atoms with Crippen LogP contribution in [0.15, 0.2) is 71.1 Å². The quantitative estimate of drug-likeness (QED) is 0.470. The van der Waals surface area contributed by atoms with Crippen molar-refractivity contribution in [1.29, 1.82) is 0 Å². The Labute approximate surface area is 213 Å². The van der Waals surface area contributed by atoms with Gasteiger partial charge in [-0.3, -0.25) is 4.79 Å². The zero-order valence-corrected chi connectivity index (χ0v) is 21.8. The molecule has 0 saturated carbocycles. The Hall–Kier alpha value is -3.54. The summed E-state index contributed by atoms with van der Waals surface area (Å²) >= 11 is 0. The Balaban J connectivity index is 1.74. The summed E-state index contributed by atoms with van der Waals surface area (Å²) in [5.41, 5.74) is 4.40. The molecule has 1 N–H and O–H groups in total. The highest BCUT2D eigenvalue weighted by Gasteiger charge is 2.43. The van der Waals surface area contributed by atoms with Gasteiger partial charge in [0.25, 0.3) is 0 Å². The zero-order valence-electron chi connectivity index (χ0n) is 21.8. The van der Waals surface area contributed by atoms with Gasteiger partial charge in [0.2, 0.25) is 0 Å². The lowest BCUT2D eigenvalue weighted by Crippen LogP contribution is -2.38. The van der Waals surface area contributed by atoms with Gasteiger partial charge >= 0.3 is 5.97 Å². The molecule has 2 aromatic rings. The molecule has 0 spiro atoms. The van der Waals surface area contributed by atoms with Crippen LogP contribution in [0.1, 0.15) is 64.0 Å². The van der Waals surface area contributed by atoms with Crippen molar-refractivity contribution in [3.63, 3.8) is 0 Å². The fourth-order valence-electron chi connectivity index (χ4n) is 5.03. The van der Waals surface area contributed by atoms with Crippen LogP contribution in [-0.4, -0.2) is 25.5 Å². The number of nitrogens with one attached hydrogen (secondary N) is 1. The van der Waals surface area contributed by atoms with Crippen molar-refractivity contribution in [2.24, 2.45) is 5.41 Å². The van der Waals surface area contributed by atoms with Gasteiger partial charge < -0.3 is 19.5 Å². The van der Waals surface area contributed by atoms with Crippen molar-refractivity contribution < 1.29 is 23.8 Å². The van der Waals surface area contributed by atoms with E-state index in [1.165, 1.54) is 0 Å². The minimum absolute atomic E-state index is 0.0513. The predicted molar refractivity (Wildman–Crippen MR) is 139 cm³/mol. The molecular weight excluding hydrogens is 454 g/mol. The van der Waals surface area contributed by atoms with Crippen molar-refractivity contribution in [3.05, 3.63) is 82.2 Å². The monoisotopic (exact) mass is 489 g/mol. The van der Waals surface area contributed by atoms with Gasteiger partial charge in [0.05, 0.1) is 19.3 Å². The smallest absolute Gasteiger partial charge is 0.336 e. The summed E-state index contributed by atoms with van der Waals surface area (Å²) in [4.78, 5) is 26.7. The topological polar surface area (TPSA) is 73.9 Å². The molecule has 36 heavy (non-hydrogen) atoms. The van der Waals surface area contributed by atoms with Crippen LogP contribution in [0.2, 0.25) is 0 Å². The molecule has 2 aromatic carbocycles. The Morgan fingerprint density at radius 2 is 1.83 bits per heavy atom. The molecule has 6 nitrogen and oxygen atoms in total. The molecule has 0 saturated heterocycles. The van der Waals surface area contributed by atoms with E-state index in [2.05, 4.69) is 19.2 Å². The SMILES string of the molecule is CCCOC(=O)C1=C(C)NC2=C(C(=O)CC(C)(C)C2)C1c1ccc(OCc2ccccc2)c(OC)c1. The maximum atomic E-state index is 13.5. The van der Waals surface area contributed by atoms with E-state index in [0.29, 0.717) is 48.0 Å². The molecule has 2 aliphatic rings. The molecule has 0 bridgehead atoms. The lowest BCUT2D eigenvalue weighted by Gasteiger charge is -2.39. The van der Waals surface area contributed by atoms with Gasteiger partial charge in [-0.1, -0.05) is 57.2 Å². The Kier molecular flexibility index (Phi) is 7.53. The molecule has 0 radical (unpaired) electrons. The first-order valence-electron chi connectivity index (χ1n) is 12.5. The fourth-order valence-corrected chi connectivity index (χ4v) is 5.03. The number of hydrogen-bond acceptors (Lipinski definition) is 6. The minimum atomic E-state index is -0.536. The molecule has 0 fully saturated rings. The number of esters is 1. The number of methoxy groups -OCH3 is 1. The second-order valence-corrected chi connectivity index (χ2v) is 10.3. The second-order valence-electron chi connectivity index (χ2n) is 10.3. The lowest BCUT2D eigenvalue weighted by molar-refractivity contribution is -0.139. The van der Waals surface area contributed by atoms with Crippen LogP contribution in [0.3, 0.4) is 0 Å². The summed E-state index contributed by atoms with van der Waals surface area (Å²) in [7, 11) is 1.59. The van der Waals surface area contributed by atoms with Crippen molar-refractivity contribution in [1.82, 2.24) is 5.32 Å². The maximum Gasteiger partial charge on any atom is 0.336 e. The molecule has 0 amide bonds. The van der Waals surface area contributed by atoms with Crippen molar-refractivity contribution in [2.75, 3.05) is 13.7 Å². The van der Waals surface area contributed by atoms with Crippen LogP contribution < -0.4 is 14.8 Å². The number of ketones is 1. The highest BCUT2D eigenvalue weighted by Crippen LogP contribution is 2.48. The minimum Gasteiger partial charge on any atom is -0.493 e. The van der Waals surface area contributed by atoms with E-state index in [9.17, 15) is 9.59 Å². The van der Waals surface area contributed by atoms with Crippen LogP contribution >= 0.6 is 0 Å². The summed E-state index contributed by atoms with van der Waals surface area (Å²) in [6, 6.07) is 15.5. The number of allylic oxidation sites excluding steroid dienone is 3. The third kappa shape index (κ3) is 5.32. The van der Waals surface area contributed by atoms with Crippen LogP contribution in [0.4, 0.5) is 0 Å². The highest BCUT2D eigenvalue weighted by molar-refractivity contribution is 6.04. The fraction of sp³-hybridized carbons (Fsp3) is 0.400. The summed E-state index contributed by atoms with van der Waals surface area (Å²) in [6.45, 7) is 8.75. The molecule has 1 heterocycles. The largest absolute Gasteiger partial charge is 0.493 e. The zero-order chi connectivity index (χ0) is 25.9. The van der Waals surface area contributed by atoms with Crippen LogP contribution in [-0.2, 0) is 20.9 Å². The van der Waals surface area contributed by atoms with Gasteiger partial charge in [-0.15, -0.1) is 0 Å². The number of hydrogen-bond donors (Lipinski definition) is 1. The molecule has 0 aromatic heterocycles. The number of benzene rings is 2. The van der Waals surface area contributed by atoms with Gasteiger partial charge in [0, 0.05) is 29.3 Å². The van der Waals surface area contributed by atoms with Crippen LogP contribution in [0.25, 0.3) is 0 Å². The van der Waals surface area contributed by atoms with Gasteiger partial charge in [-0.2, -0.15) is 0 Å². The number of ether oxygens (including phenoxy) is 3. The summed E-state index contributed by atoms with van der Waals surface area (Å²) in [5, 5.41) is 3.37. The Bertz CT molecular complexity index is 1210. The highest BCUT2D eigenvalue weighted by atomic mass is 16.5. The first-order chi connectivity index (χ1) is 17.2. The van der Waals surface area contributed by atoms with E-state index in [-0.39, 0.29) is 11.2 Å². The van der Waals surface area contributed by atoms with E-state index in [4.69, 9.17) is 14.2 Å². The van der Waals surface area contributed by atoms with Gasteiger partial charge in [-0.25, -0.2) is 4.79 Å². The van der Waals surface area contributed by atoms with Crippen LogP contribution in [0, 0.1) is 5.41 Å². The first-order valence-corrected chi connectivity index (χ1v) is 12.5. The second kappa shape index (κ2) is 10.6. The van der Waals surface area contributed by atoms with Crippen molar-refractivity contribution in [2.45, 2.75) is 59.5 Å². The number of Topliss-reactive ketones (excluding diaryl/α,β-unsaturated/α-hetero) is 1. The Morgan fingerprint density at radius 1 is 1.08 bits per heavy atom. The summed E-state index contributed by atoms with van der Waals surface area (Å²) in [6.07, 6.45) is 1.88. The average molecular weight is 490 g/mol. The van der Waals surface area contributed by atoms with Crippen LogP contribution in [0.5, 0.6) is 11.5 Å². The van der Waals surface area contributed by atoms with E-state index in [1.807, 2.05) is 62.4 Å². The number of carbonyl (C=O) groups is 2. The third-order valence-corrected chi connectivity index (χ3v) is 6.66. The van der Waals surface area contributed by atoms with E-state index in [1.54, 1.807) is 7.11 Å². The molecule has 1 unspecified atom stereocenters. The lowest BCUT2D eigenvalue weighted by atomic mass is 9.68. The number of carbonyl (C=O) groups excluding carboxylic acids is 2. The van der Waals surface area contributed by atoms with E-state index >= 15 is 0 Å². The Morgan fingerprint density at radius 3 is 2.53 bits per heavy atom. The normalized spacial score (nSPS) is 18.9. The van der Waals surface area contributed by atoms with E-state index in [0.717, 1.165) is 29.7 Å². The molecule has 190 valence electrons. The number of rotatable bonds is 8. The first kappa shape index (κ1) is 25.5. The molecular formula is C30H35NO5. The third-order valence-electron chi connectivity index (χ3n) is 6.66. The standard InChI is InChI=1S/C30H35NO5/c1-6-14-35-29(33)26-19(2)31-22-16-30(3,4)17-23(32)28(22)27(26)21-12-13-24(25(15-21)34-5)36-18-20-10-8-7-9-11-20/h7-13,15,27,31H,6,14,16-18H2,1-5H3. The van der Waals surface area contributed by atoms with Crippen molar-refractivity contribution >= 4 is 11.8 Å². The maximum absolute atomic E-state index is 13.5. The van der Waals surface area contributed by atoms with Gasteiger partial charge in [0.15, 0.2) is 17.3 Å². The average Bonchev–Trinajstić information content (AvgIpc) is 2.85. The predicted octanol–water partition coefficient (Wildman–Crippen LogP) is 5.83. The van der Waals surface area contributed by atoms with E-state index < -0.39 is 11.9 Å². The summed E-state index contributed by atoms with van der Waals surface area (Å²) < 4.78 is 17.3.